The average molecular weight is 361 g/mol. The first-order valence-corrected chi connectivity index (χ1v) is 9.94. The molecule has 134 valence electrons. The number of nitrogens with zero attached hydrogens (tertiary/aromatic N) is 2. The van der Waals surface area contributed by atoms with E-state index in [9.17, 15) is 0 Å². The van der Waals surface area contributed by atoms with E-state index in [1.54, 1.807) is 0 Å². The van der Waals surface area contributed by atoms with Gasteiger partial charge in [-0.3, -0.25) is 4.98 Å². The Balaban J connectivity index is 1.86. The smallest absolute Gasteiger partial charge is 0.212 e. The number of aryl methyl sites for hydroxylation is 3. The second-order valence-corrected chi connectivity index (χ2v) is 7.92. The van der Waals surface area contributed by atoms with Gasteiger partial charge in [0.1, 0.15) is 7.05 Å². The van der Waals surface area contributed by atoms with Crippen molar-refractivity contribution in [1.29, 1.82) is 0 Å². The average Bonchev–Trinajstić information content (AvgIpc) is 2.73. The highest BCUT2D eigenvalue weighted by atomic mass is 14.9. The minimum atomic E-state index is 1.09. The number of pyridine rings is 2. The van der Waals surface area contributed by atoms with Gasteiger partial charge in [0, 0.05) is 29.3 Å². The molecule has 0 N–H and O–H groups in total. The van der Waals surface area contributed by atoms with Gasteiger partial charge in [0.2, 0.25) is 5.69 Å². The minimum absolute atomic E-state index is 1.09. The van der Waals surface area contributed by atoms with E-state index < -0.39 is 0 Å². The van der Waals surface area contributed by atoms with Crippen LogP contribution in [0.5, 0.6) is 0 Å². The van der Waals surface area contributed by atoms with E-state index in [-0.39, 0.29) is 0 Å². The summed E-state index contributed by atoms with van der Waals surface area (Å²) in [6, 6.07) is 17.7. The van der Waals surface area contributed by atoms with Crippen LogP contribution in [0.3, 0.4) is 0 Å². The fourth-order valence-corrected chi connectivity index (χ4v) is 4.96. The molecule has 0 bridgehead atoms. The maximum absolute atomic E-state index is 4.78. The molecule has 28 heavy (non-hydrogen) atoms. The van der Waals surface area contributed by atoms with E-state index in [1.807, 2.05) is 0 Å². The van der Waals surface area contributed by atoms with Crippen molar-refractivity contribution in [2.45, 2.75) is 19.8 Å². The first-order valence-electron chi connectivity index (χ1n) is 9.94. The zero-order chi connectivity index (χ0) is 18.8. The summed E-state index contributed by atoms with van der Waals surface area (Å²) in [6.07, 6.45) is 8.81. The first kappa shape index (κ1) is 15.8. The Morgan fingerprint density at radius 2 is 1.86 bits per heavy atom. The SMILES string of the molecule is Cc1cc2c3c4c(cnc5cccc(c2cc1-c1cccc[n+]1C)c54)CCC=3. The number of hydrogen-bond donors (Lipinski definition) is 0. The lowest BCUT2D eigenvalue weighted by molar-refractivity contribution is -0.660. The summed E-state index contributed by atoms with van der Waals surface area (Å²) in [6.45, 7) is 2.23. The lowest BCUT2D eigenvalue weighted by atomic mass is 9.87. The molecule has 0 unspecified atom stereocenters. The van der Waals surface area contributed by atoms with Crippen molar-refractivity contribution in [3.8, 4) is 11.3 Å². The summed E-state index contributed by atoms with van der Waals surface area (Å²) < 4.78 is 2.20. The van der Waals surface area contributed by atoms with Crippen molar-refractivity contribution in [1.82, 2.24) is 4.98 Å². The van der Waals surface area contributed by atoms with E-state index in [1.165, 1.54) is 54.5 Å². The molecule has 0 amide bonds. The zero-order valence-electron chi connectivity index (χ0n) is 16.2. The van der Waals surface area contributed by atoms with Gasteiger partial charge in [-0.2, -0.15) is 0 Å². The molecule has 1 aliphatic carbocycles. The summed E-state index contributed by atoms with van der Waals surface area (Å²) in [7, 11) is 2.12. The number of hydrogen-bond acceptors (Lipinski definition) is 1. The highest BCUT2D eigenvalue weighted by Gasteiger charge is 2.19. The van der Waals surface area contributed by atoms with E-state index in [0.717, 1.165) is 18.4 Å². The van der Waals surface area contributed by atoms with E-state index in [4.69, 9.17) is 4.98 Å². The van der Waals surface area contributed by atoms with Crippen LogP contribution < -0.4 is 9.79 Å². The molecule has 2 heterocycles. The Hall–Kier alpha value is -3.26. The highest BCUT2D eigenvalue weighted by molar-refractivity contribution is 6.22. The molecule has 6 rings (SSSR count). The Morgan fingerprint density at radius 1 is 0.929 bits per heavy atom. The number of fused-ring (bicyclic) bond motifs is 3. The molecule has 0 radical (unpaired) electrons. The maximum atomic E-state index is 4.78. The minimum Gasteiger partial charge on any atom is -0.256 e. The van der Waals surface area contributed by atoms with Crippen LogP contribution >= 0.6 is 0 Å². The van der Waals surface area contributed by atoms with Gasteiger partial charge >= 0.3 is 0 Å². The quantitative estimate of drug-likeness (QED) is 0.238. The van der Waals surface area contributed by atoms with Crippen LogP contribution in [0.15, 0.2) is 60.9 Å². The molecule has 0 saturated heterocycles. The zero-order valence-corrected chi connectivity index (χ0v) is 16.2. The summed E-state index contributed by atoms with van der Waals surface area (Å²) in [5.74, 6) is 0. The fraction of sp³-hybridized carbons (Fsp3) is 0.154. The Kier molecular flexibility index (Phi) is 3.16. The van der Waals surface area contributed by atoms with Gasteiger partial charge in [0.05, 0.1) is 5.52 Å². The predicted molar refractivity (Wildman–Crippen MR) is 116 cm³/mol. The predicted octanol–water partition coefficient (Wildman–Crippen LogP) is 4.79. The van der Waals surface area contributed by atoms with Crippen molar-refractivity contribution in [2.24, 2.45) is 7.05 Å². The Labute approximate surface area is 163 Å². The topological polar surface area (TPSA) is 16.8 Å². The molecule has 3 aromatic carbocycles. The van der Waals surface area contributed by atoms with Crippen molar-refractivity contribution in [3.63, 3.8) is 0 Å². The molecule has 2 aromatic heterocycles. The molecule has 0 saturated carbocycles. The largest absolute Gasteiger partial charge is 0.256 e. The third-order valence-corrected chi connectivity index (χ3v) is 6.28. The number of aromatic nitrogens is 2. The van der Waals surface area contributed by atoms with Gasteiger partial charge in [-0.15, -0.1) is 0 Å². The normalized spacial score (nSPS) is 13.4. The lowest BCUT2D eigenvalue weighted by Crippen LogP contribution is -2.30. The van der Waals surface area contributed by atoms with Crippen molar-refractivity contribution < 1.29 is 4.57 Å². The van der Waals surface area contributed by atoms with Crippen LogP contribution in [0.1, 0.15) is 17.5 Å². The highest BCUT2D eigenvalue weighted by Crippen LogP contribution is 2.35. The molecule has 0 fully saturated rings. The van der Waals surface area contributed by atoms with Crippen molar-refractivity contribution in [3.05, 3.63) is 77.3 Å². The standard InChI is InChI=1S/C26H21N2/c1-16-13-21-18-8-5-7-17-15-27-23-10-6-9-19(26(23)25(17)18)22(21)14-20(16)24-11-3-4-12-28(24)2/h3-4,6,8-15H,5,7H2,1-2H3/q+1. The third-order valence-electron chi connectivity index (χ3n) is 6.28. The van der Waals surface area contributed by atoms with Gasteiger partial charge < -0.3 is 0 Å². The maximum Gasteiger partial charge on any atom is 0.212 e. The summed E-state index contributed by atoms with van der Waals surface area (Å²) in [5, 5.41) is 8.15. The second kappa shape index (κ2) is 5.62. The van der Waals surface area contributed by atoms with E-state index in [0.29, 0.717) is 0 Å². The van der Waals surface area contributed by atoms with Crippen molar-refractivity contribution >= 4 is 38.5 Å². The van der Waals surface area contributed by atoms with Gasteiger partial charge in [0.15, 0.2) is 6.20 Å². The van der Waals surface area contributed by atoms with Crippen molar-refractivity contribution in [2.75, 3.05) is 0 Å². The molecule has 1 aliphatic rings. The summed E-state index contributed by atoms with van der Waals surface area (Å²) in [4.78, 5) is 4.78. The molecule has 2 nitrogen and oxygen atoms in total. The Bertz CT molecular complexity index is 1480. The van der Waals surface area contributed by atoms with Crippen LogP contribution in [0.4, 0.5) is 0 Å². The first-order chi connectivity index (χ1) is 13.7. The summed E-state index contributed by atoms with van der Waals surface area (Å²) >= 11 is 0. The van der Waals surface area contributed by atoms with E-state index in [2.05, 4.69) is 85.5 Å². The van der Waals surface area contributed by atoms with Crippen LogP contribution in [0, 0.1) is 6.92 Å². The molecule has 0 spiro atoms. The van der Waals surface area contributed by atoms with Gasteiger partial charge in [-0.25, -0.2) is 4.57 Å². The molecule has 2 heteroatoms. The van der Waals surface area contributed by atoms with Gasteiger partial charge in [-0.1, -0.05) is 18.2 Å². The lowest BCUT2D eigenvalue weighted by Gasteiger charge is -2.18. The van der Waals surface area contributed by atoms with Crippen LogP contribution in [0.2, 0.25) is 0 Å². The van der Waals surface area contributed by atoms with E-state index >= 15 is 0 Å². The molecule has 5 aromatic rings. The molecular formula is C26H21N2+. The van der Waals surface area contributed by atoms with Gasteiger partial charge in [0.25, 0.3) is 0 Å². The summed E-state index contributed by atoms with van der Waals surface area (Å²) in [5.41, 5.74) is 6.34. The molecule has 0 atom stereocenters. The van der Waals surface area contributed by atoms with Crippen LogP contribution in [0.25, 0.3) is 49.8 Å². The number of rotatable bonds is 1. The van der Waals surface area contributed by atoms with Crippen LogP contribution in [-0.4, -0.2) is 4.98 Å². The second-order valence-electron chi connectivity index (χ2n) is 7.92. The Morgan fingerprint density at radius 3 is 2.75 bits per heavy atom. The molecular weight excluding hydrogens is 340 g/mol. The third kappa shape index (κ3) is 2.03. The van der Waals surface area contributed by atoms with Crippen LogP contribution in [-0.2, 0) is 13.5 Å². The monoisotopic (exact) mass is 361 g/mol. The molecule has 0 aliphatic heterocycles. The fourth-order valence-electron chi connectivity index (χ4n) is 4.96. The number of benzene rings is 3. The van der Waals surface area contributed by atoms with Gasteiger partial charge in [-0.05, 0) is 81.9 Å².